The third-order valence-electron chi connectivity index (χ3n) is 4.53. The van der Waals surface area contributed by atoms with E-state index in [0.717, 1.165) is 0 Å². The summed E-state index contributed by atoms with van der Waals surface area (Å²) in [6.45, 7) is 4.27. The second-order valence-electron chi connectivity index (χ2n) is 6.67. The smallest absolute Gasteiger partial charge is 0.339 e. The number of fused-ring (bicyclic) bond motifs is 19. The Morgan fingerprint density at radius 2 is 0.844 bits per heavy atom. The number of carbonyl (C=O) groups is 2. The number of ether oxygens (including phenoxy) is 8. The van der Waals surface area contributed by atoms with Crippen molar-refractivity contribution in [1.29, 1.82) is 0 Å². The molecule has 2 bridgehead atoms. The molecule has 0 spiro atoms. The minimum Gasteiger partial charge on any atom is -0.465 e. The van der Waals surface area contributed by atoms with Crippen LogP contribution in [0.2, 0.25) is 0 Å². The Balaban J connectivity index is 2.15. The number of hydrogen-bond donors (Lipinski definition) is 0. The third kappa shape index (κ3) is 8.81. The van der Waals surface area contributed by atoms with Crippen LogP contribution in [0.25, 0.3) is 0 Å². The topological polar surface area (TPSA) is 108 Å². The SMILES string of the molecule is COC(=O)c1c2ccc(c1C(=O)OC)COCCOCCOCCOCCOCCOC2. The largest absolute Gasteiger partial charge is 0.465 e. The Morgan fingerprint density at radius 1 is 0.562 bits per heavy atom. The van der Waals surface area contributed by atoms with Crippen LogP contribution >= 0.6 is 0 Å². The number of methoxy groups -OCH3 is 2. The lowest BCUT2D eigenvalue weighted by Gasteiger charge is -2.17. The first kappa shape index (κ1) is 26.2. The maximum absolute atomic E-state index is 12.5. The van der Waals surface area contributed by atoms with Crippen molar-refractivity contribution in [2.24, 2.45) is 0 Å². The monoisotopic (exact) mass is 456 g/mol. The van der Waals surface area contributed by atoms with Crippen molar-refractivity contribution >= 4 is 11.9 Å². The molecular weight excluding hydrogens is 424 g/mol. The highest BCUT2D eigenvalue weighted by atomic mass is 16.6. The van der Waals surface area contributed by atoms with E-state index >= 15 is 0 Å². The molecule has 2 aliphatic rings. The van der Waals surface area contributed by atoms with E-state index in [-0.39, 0.29) is 24.3 Å². The fraction of sp³-hybridized carbons (Fsp3) is 0.636. The van der Waals surface area contributed by atoms with E-state index in [0.29, 0.717) is 77.2 Å². The molecule has 0 atom stereocenters. The van der Waals surface area contributed by atoms with Crippen LogP contribution < -0.4 is 0 Å². The van der Waals surface area contributed by atoms with E-state index in [1.54, 1.807) is 12.1 Å². The highest BCUT2D eigenvalue weighted by Crippen LogP contribution is 2.23. The third-order valence-corrected chi connectivity index (χ3v) is 4.53. The number of hydrogen-bond acceptors (Lipinski definition) is 10. The molecule has 0 aliphatic carbocycles. The van der Waals surface area contributed by atoms with Crippen molar-refractivity contribution in [2.75, 3.05) is 80.3 Å². The van der Waals surface area contributed by atoms with E-state index in [4.69, 9.17) is 37.9 Å². The molecule has 180 valence electrons. The lowest BCUT2D eigenvalue weighted by molar-refractivity contribution is -0.0189. The molecule has 2 aliphatic heterocycles. The Labute approximate surface area is 187 Å². The predicted octanol–water partition coefficient (Wildman–Crippen LogP) is 1.37. The van der Waals surface area contributed by atoms with Crippen molar-refractivity contribution in [1.82, 2.24) is 0 Å². The summed E-state index contributed by atoms with van der Waals surface area (Å²) in [5.74, 6) is -1.31. The minimum absolute atomic E-state index is 0.0978. The van der Waals surface area contributed by atoms with Gasteiger partial charge in [0, 0.05) is 0 Å². The van der Waals surface area contributed by atoms with Crippen molar-refractivity contribution in [3.8, 4) is 0 Å². The van der Waals surface area contributed by atoms with Crippen LogP contribution in [0, 0.1) is 0 Å². The van der Waals surface area contributed by atoms with Gasteiger partial charge in [-0.1, -0.05) is 12.1 Å². The van der Waals surface area contributed by atoms with Crippen LogP contribution in [0.15, 0.2) is 12.1 Å². The van der Waals surface area contributed by atoms with Gasteiger partial charge in [-0.25, -0.2) is 9.59 Å². The Hall–Kier alpha value is -2.08. The van der Waals surface area contributed by atoms with Crippen molar-refractivity contribution in [2.45, 2.75) is 13.2 Å². The molecule has 0 saturated heterocycles. The Bertz CT molecular complexity index is 647. The summed E-state index contributed by atoms with van der Waals surface area (Å²) in [6.07, 6.45) is 0. The standard InChI is InChI=1S/C22H32O10/c1-25-21(23)19-17-3-4-18(20(19)22(24)26-2)16-32-14-12-30-10-8-28-6-5-27-7-9-29-11-13-31-15-17/h3-4H,5-16H2,1-2H3. The van der Waals surface area contributed by atoms with Gasteiger partial charge in [0.25, 0.3) is 0 Å². The molecule has 10 nitrogen and oxygen atoms in total. The summed E-state index contributed by atoms with van der Waals surface area (Å²) in [6, 6.07) is 3.43. The molecule has 0 unspecified atom stereocenters. The number of benzene rings is 1. The van der Waals surface area contributed by atoms with Gasteiger partial charge in [-0.15, -0.1) is 0 Å². The number of carbonyl (C=O) groups excluding carboxylic acids is 2. The molecule has 10 heteroatoms. The average molecular weight is 456 g/mol. The van der Waals surface area contributed by atoms with Gasteiger partial charge in [0.2, 0.25) is 0 Å². The van der Waals surface area contributed by atoms with Crippen LogP contribution in [0.3, 0.4) is 0 Å². The summed E-state index contributed by atoms with van der Waals surface area (Å²) in [7, 11) is 2.51. The maximum atomic E-state index is 12.5. The van der Waals surface area contributed by atoms with Gasteiger partial charge < -0.3 is 37.9 Å². The van der Waals surface area contributed by atoms with Gasteiger partial charge in [0.15, 0.2) is 0 Å². The van der Waals surface area contributed by atoms with Crippen LogP contribution in [0.4, 0.5) is 0 Å². The summed E-state index contributed by atoms with van der Waals surface area (Å²) >= 11 is 0. The van der Waals surface area contributed by atoms with Gasteiger partial charge in [-0.2, -0.15) is 0 Å². The first-order chi connectivity index (χ1) is 15.7. The lowest BCUT2D eigenvalue weighted by Crippen LogP contribution is -2.19. The van der Waals surface area contributed by atoms with Gasteiger partial charge >= 0.3 is 11.9 Å². The summed E-state index contributed by atoms with van der Waals surface area (Å²) in [4.78, 5) is 25.0. The summed E-state index contributed by atoms with van der Waals surface area (Å²) in [5.41, 5.74) is 1.22. The van der Waals surface area contributed by atoms with Crippen molar-refractivity contribution < 1.29 is 47.5 Å². The molecule has 0 saturated carbocycles. The first-order valence-electron chi connectivity index (χ1n) is 10.5. The molecule has 32 heavy (non-hydrogen) atoms. The fourth-order valence-corrected chi connectivity index (χ4v) is 2.96. The normalized spacial score (nSPS) is 18.2. The number of rotatable bonds is 2. The molecule has 0 amide bonds. The summed E-state index contributed by atoms with van der Waals surface area (Å²) < 4.78 is 42.8. The van der Waals surface area contributed by atoms with Crippen LogP contribution in [-0.4, -0.2) is 92.2 Å². The zero-order valence-electron chi connectivity index (χ0n) is 18.7. The highest BCUT2D eigenvalue weighted by Gasteiger charge is 2.26. The maximum Gasteiger partial charge on any atom is 0.339 e. The fourth-order valence-electron chi connectivity index (χ4n) is 2.96. The minimum atomic E-state index is -0.656. The zero-order valence-corrected chi connectivity index (χ0v) is 18.7. The van der Waals surface area contributed by atoms with Gasteiger partial charge in [0.05, 0.1) is 105 Å². The van der Waals surface area contributed by atoms with Crippen LogP contribution in [-0.2, 0) is 51.1 Å². The summed E-state index contributed by atoms with van der Waals surface area (Å²) in [5, 5.41) is 0. The second kappa shape index (κ2) is 15.7. The zero-order chi connectivity index (χ0) is 23.0. The lowest BCUT2D eigenvalue weighted by atomic mass is 9.96. The second-order valence-corrected chi connectivity index (χ2v) is 6.67. The van der Waals surface area contributed by atoms with E-state index in [9.17, 15) is 9.59 Å². The van der Waals surface area contributed by atoms with E-state index in [1.807, 2.05) is 0 Å². The van der Waals surface area contributed by atoms with Gasteiger partial charge in [-0.05, 0) is 11.1 Å². The molecule has 1 aromatic rings. The molecule has 0 fully saturated rings. The van der Waals surface area contributed by atoms with Crippen molar-refractivity contribution in [3.05, 3.63) is 34.4 Å². The first-order valence-corrected chi connectivity index (χ1v) is 10.5. The Morgan fingerprint density at radius 3 is 1.12 bits per heavy atom. The quantitative estimate of drug-likeness (QED) is 0.478. The predicted molar refractivity (Wildman–Crippen MR) is 112 cm³/mol. The molecule has 2 heterocycles. The highest BCUT2D eigenvalue weighted by molar-refractivity contribution is 6.05. The van der Waals surface area contributed by atoms with Gasteiger partial charge in [0.1, 0.15) is 0 Å². The molecule has 1 aromatic carbocycles. The molecule has 0 radical (unpaired) electrons. The van der Waals surface area contributed by atoms with Crippen LogP contribution in [0.5, 0.6) is 0 Å². The molecule has 0 N–H and O–H groups in total. The van der Waals surface area contributed by atoms with Crippen LogP contribution in [0.1, 0.15) is 31.8 Å². The van der Waals surface area contributed by atoms with Crippen molar-refractivity contribution in [3.63, 3.8) is 0 Å². The Kier molecular flexibility index (Phi) is 12.8. The van der Waals surface area contributed by atoms with E-state index in [2.05, 4.69) is 0 Å². The van der Waals surface area contributed by atoms with E-state index in [1.165, 1.54) is 14.2 Å². The molecule has 3 rings (SSSR count). The van der Waals surface area contributed by atoms with E-state index < -0.39 is 11.9 Å². The number of esters is 2. The van der Waals surface area contributed by atoms with Gasteiger partial charge in [-0.3, -0.25) is 0 Å². The molecular formula is C22H32O10. The molecule has 0 aromatic heterocycles. The average Bonchev–Trinajstić information content (AvgIpc) is 2.81.